The highest BCUT2D eigenvalue weighted by Crippen LogP contribution is 2.31. The average molecular weight is 332 g/mol. The smallest absolute Gasteiger partial charge is 0.351 e. The minimum atomic E-state index is -4.42. The lowest BCUT2D eigenvalue weighted by molar-refractivity contribution is -0.140. The monoisotopic (exact) mass is 332 g/mol. The van der Waals surface area contributed by atoms with Crippen LogP contribution in [0.3, 0.4) is 0 Å². The lowest BCUT2D eigenvalue weighted by Crippen LogP contribution is -2.12. The van der Waals surface area contributed by atoms with E-state index in [2.05, 4.69) is 10.3 Å². The lowest BCUT2D eigenvalue weighted by Gasteiger charge is -2.05. The predicted octanol–water partition coefficient (Wildman–Crippen LogP) is 4.76. The molecule has 0 aliphatic carbocycles. The molecule has 0 fully saturated rings. The average Bonchev–Trinajstić information content (AvgIpc) is 2.97. The number of carbonyl (C=O) groups is 1. The molecule has 0 unspecified atom stereocenters. The van der Waals surface area contributed by atoms with Crippen LogP contribution < -0.4 is 5.32 Å². The Balaban J connectivity index is 1.67. The van der Waals surface area contributed by atoms with Crippen LogP contribution in [-0.4, -0.2) is 10.9 Å². The number of H-pyrrole nitrogens is 1. The van der Waals surface area contributed by atoms with Crippen LogP contribution >= 0.6 is 0 Å². The number of alkyl halides is 3. The first-order chi connectivity index (χ1) is 11.4. The summed E-state index contributed by atoms with van der Waals surface area (Å²) in [6, 6.07) is 15.3. The van der Waals surface area contributed by atoms with Crippen LogP contribution in [0.4, 0.5) is 18.9 Å². The van der Waals surface area contributed by atoms with Crippen molar-refractivity contribution >= 4 is 22.5 Å². The third kappa shape index (κ3) is 3.76. The van der Waals surface area contributed by atoms with Crippen LogP contribution in [0, 0.1) is 0 Å². The number of benzene rings is 2. The van der Waals surface area contributed by atoms with Gasteiger partial charge in [0.25, 0.3) is 0 Å². The fraction of sp³-hybridized carbons (Fsp3) is 0.167. The summed E-state index contributed by atoms with van der Waals surface area (Å²) in [5.74, 6) is -0.176. The summed E-state index contributed by atoms with van der Waals surface area (Å²) in [5.41, 5.74) is 1.12. The van der Waals surface area contributed by atoms with E-state index in [9.17, 15) is 18.0 Å². The molecule has 3 rings (SSSR count). The van der Waals surface area contributed by atoms with E-state index in [4.69, 9.17) is 0 Å². The van der Waals surface area contributed by atoms with Gasteiger partial charge in [0.1, 0.15) is 5.69 Å². The number of halogens is 3. The summed E-state index contributed by atoms with van der Waals surface area (Å²) in [7, 11) is 0. The first kappa shape index (κ1) is 16.1. The molecular formula is C18H15F3N2O. The summed E-state index contributed by atoms with van der Waals surface area (Å²) in [5, 5.41) is 3.12. The molecule has 1 amide bonds. The van der Waals surface area contributed by atoms with Crippen molar-refractivity contribution < 1.29 is 18.0 Å². The topological polar surface area (TPSA) is 44.9 Å². The summed E-state index contributed by atoms with van der Waals surface area (Å²) < 4.78 is 38.1. The molecule has 3 aromatic rings. The predicted molar refractivity (Wildman–Crippen MR) is 86.7 cm³/mol. The number of rotatable bonds is 4. The zero-order valence-corrected chi connectivity index (χ0v) is 12.7. The molecule has 0 spiro atoms. The number of amides is 1. The molecule has 3 nitrogen and oxygen atoms in total. The lowest BCUT2D eigenvalue weighted by atomic mass is 10.1. The van der Waals surface area contributed by atoms with Gasteiger partial charge in [0.2, 0.25) is 5.91 Å². The molecule has 1 aromatic heterocycles. The SMILES string of the molecule is O=C(CCc1ccccc1)Nc1ccc2[nH]c(C(F)(F)F)cc2c1. The van der Waals surface area contributed by atoms with Gasteiger partial charge < -0.3 is 10.3 Å². The van der Waals surface area contributed by atoms with E-state index >= 15 is 0 Å². The Morgan fingerprint density at radius 1 is 1.04 bits per heavy atom. The molecule has 0 atom stereocenters. The number of hydrogen-bond acceptors (Lipinski definition) is 1. The van der Waals surface area contributed by atoms with E-state index < -0.39 is 11.9 Å². The summed E-state index contributed by atoms with van der Waals surface area (Å²) in [6.45, 7) is 0. The van der Waals surface area contributed by atoms with E-state index in [0.717, 1.165) is 11.6 Å². The Bertz CT molecular complexity index is 854. The third-order valence-corrected chi connectivity index (χ3v) is 3.69. The number of fused-ring (bicyclic) bond motifs is 1. The van der Waals surface area contributed by atoms with Crippen LogP contribution in [0.2, 0.25) is 0 Å². The maximum atomic E-state index is 12.7. The van der Waals surface area contributed by atoms with Crippen molar-refractivity contribution in [2.45, 2.75) is 19.0 Å². The van der Waals surface area contributed by atoms with Crippen LogP contribution in [-0.2, 0) is 17.4 Å². The molecule has 0 aliphatic heterocycles. The molecule has 0 saturated heterocycles. The minimum Gasteiger partial charge on any atom is -0.351 e. The number of aromatic amines is 1. The molecule has 0 bridgehead atoms. The Hall–Kier alpha value is -2.76. The van der Waals surface area contributed by atoms with Crippen molar-refractivity contribution in [1.82, 2.24) is 4.98 Å². The molecule has 0 radical (unpaired) electrons. The Morgan fingerprint density at radius 3 is 2.50 bits per heavy atom. The van der Waals surface area contributed by atoms with Crippen molar-refractivity contribution in [1.29, 1.82) is 0 Å². The van der Waals surface area contributed by atoms with Gasteiger partial charge >= 0.3 is 6.18 Å². The van der Waals surface area contributed by atoms with Gasteiger partial charge in [-0.05, 0) is 36.2 Å². The van der Waals surface area contributed by atoms with E-state index in [1.54, 1.807) is 6.07 Å². The van der Waals surface area contributed by atoms with Gasteiger partial charge in [-0.25, -0.2) is 0 Å². The van der Waals surface area contributed by atoms with Crippen molar-refractivity contribution in [3.63, 3.8) is 0 Å². The largest absolute Gasteiger partial charge is 0.431 e. The number of aromatic nitrogens is 1. The van der Waals surface area contributed by atoms with Crippen LogP contribution in [0.15, 0.2) is 54.6 Å². The van der Waals surface area contributed by atoms with E-state index in [1.165, 1.54) is 12.1 Å². The Kier molecular flexibility index (Phi) is 4.29. The molecule has 24 heavy (non-hydrogen) atoms. The maximum absolute atomic E-state index is 12.7. The van der Waals surface area contributed by atoms with Gasteiger partial charge in [0.15, 0.2) is 0 Å². The second-order valence-corrected chi connectivity index (χ2v) is 5.52. The van der Waals surface area contributed by atoms with Crippen molar-refractivity contribution in [3.05, 3.63) is 65.9 Å². The van der Waals surface area contributed by atoms with Crippen molar-refractivity contribution in [2.75, 3.05) is 5.32 Å². The summed E-state index contributed by atoms with van der Waals surface area (Å²) in [6.07, 6.45) is -3.50. The Labute approximate surface area is 136 Å². The first-order valence-electron chi connectivity index (χ1n) is 7.45. The molecule has 0 saturated carbocycles. The number of hydrogen-bond donors (Lipinski definition) is 2. The number of aryl methyl sites for hydroxylation is 1. The molecule has 124 valence electrons. The zero-order valence-electron chi connectivity index (χ0n) is 12.7. The molecular weight excluding hydrogens is 317 g/mol. The van der Waals surface area contributed by atoms with Gasteiger partial charge in [0, 0.05) is 23.0 Å². The zero-order chi connectivity index (χ0) is 17.2. The van der Waals surface area contributed by atoms with Gasteiger partial charge in [-0.2, -0.15) is 13.2 Å². The first-order valence-corrected chi connectivity index (χ1v) is 7.45. The van der Waals surface area contributed by atoms with Crippen molar-refractivity contribution in [3.8, 4) is 0 Å². The second-order valence-electron chi connectivity index (χ2n) is 5.52. The standard InChI is InChI=1S/C18H15F3N2O/c19-18(20,21)16-11-13-10-14(7-8-15(13)23-16)22-17(24)9-6-12-4-2-1-3-5-12/h1-5,7-8,10-11,23H,6,9H2,(H,22,24). The number of anilines is 1. The summed E-state index contributed by atoms with van der Waals surface area (Å²) >= 11 is 0. The highest BCUT2D eigenvalue weighted by atomic mass is 19.4. The summed E-state index contributed by atoms with van der Waals surface area (Å²) in [4.78, 5) is 14.3. The van der Waals surface area contributed by atoms with Gasteiger partial charge in [-0.15, -0.1) is 0 Å². The van der Waals surface area contributed by atoms with Crippen molar-refractivity contribution in [2.24, 2.45) is 0 Å². The fourth-order valence-electron chi connectivity index (χ4n) is 2.49. The molecule has 1 heterocycles. The normalized spacial score (nSPS) is 11.6. The molecule has 2 N–H and O–H groups in total. The van der Waals surface area contributed by atoms with E-state index in [1.807, 2.05) is 30.3 Å². The highest BCUT2D eigenvalue weighted by Gasteiger charge is 2.32. The molecule has 0 aliphatic rings. The van der Waals surface area contributed by atoms with Crippen LogP contribution in [0.1, 0.15) is 17.7 Å². The number of carbonyl (C=O) groups excluding carboxylic acids is 1. The maximum Gasteiger partial charge on any atom is 0.431 e. The van der Waals surface area contributed by atoms with Gasteiger partial charge in [-0.3, -0.25) is 4.79 Å². The van der Waals surface area contributed by atoms with Gasteiger partial charge in [0.05, 0.1) is 0 Å². The van der Waals surface area contributed by atoms with Crippen LogP contribution in [0.25, 0.3) is 10.9 Å². The van der Waals surface area contributed by atoms with E-state index in [0.29, 0.717) is 29.4 Å². The third-order valence-electron chi connectivity index (χ3n) is 3.69. The second kappa shape index (κ2) is 6.39. The van der Waals surface area contributed by atoms with Crippen LogP contribution in [0.5, 0.6) is 0 Å². The van der Waals surface area contributed by atoms with Gasteiger partial charge in [-0.1, -0.05) is 30.3 Å². The molecule has 6 heteroatoms. The Morgan fingerprint density at radius 2 is 1.79 bits per heavy atom. The quantitative estimate of drug-likeness (QED) is 0.711. The fourth-order valence-corrected chi connectivity index (χ4v) is 2.49. The molecule has 2 aromatic carbocycles. The number of nitrogens with one attached hydrogen (secondary N) is 2. The van der Waals surface area contributed by atoms with E-state index in [-0.39, 0.29) is 5.91 Å². The highest BCUT2D eigenvalue weighted by molar-refractivity contribution is 5.94. The minimum absolute atomic E-state index is 0.176.